The van der Waals surface area contributed by atoms with Crippen LogP contribution in [0.3, 0.4) is 0 Å². The van der Waals surface area contributed by atoms with Gasteiger partial charge in [-0.2, -0.15) is 0 Å². The standard InChI is InChI=1S/C31H44O2/c1-21-30(5,6)27(32-21)25-13-9-23(10-14-25)17-19-29(3,4)20-18-24-11-15-26(16-12-24)28-31(7,8)22(2)33-28/h9-16,21-22,27-28H,17-20H2,1-8H3. The molecule has 2 nitrogen and oxygen atoms in total. The fourth-order valence-electron chi connectivity index (χ4n) is 5.22. The fourth-order valence-corrected chi connectivity index (χ4v) is 5.22. The number of hydrogen-bond donors (Lipinski definition) is 0. The largest absolute Gasteiger partial charge is 0.369 e. The SMILES string of the molecule is CC1OC(c2ccc(CCC(C)(C)CCc3ccc(C4OC(C)C4(C)C)cc3)cc2)C1(C)C. The Morgan fingerprint density at radius 1 is 0.636 bits per heavy atom. The zero-order valence-corrected chi connectivity index (χ0v) is 22.1. The highest BCUT2D eigenvalue weighted by atomic mass is 16.5. The molecule has 4 atom stereocenters. The van der Waals surface area contributed by atoms with Crippen molar-refractivity contribution in [2.45, 2.75) is 105 Å². The van der Waals surface area contributed by atoms with Crippen molar-refractivity contribution in [1.82, 2.24) is 0 Å². The van der Waals surface area contributed by atoms with Crippen LogP contribution < -0.4 is 0 Å². The highest BCUT2D eigenvalue weighted by Gasteiger charge is 2.48. The molecule has 2 aliphatic rings. The zero-order valence-electron chi connectivity index (χ0n) is 22.1. The molecule has 0 saturated carbocycles. The lowest BCUT2D eigenvalue weighted by molar-refractivity contribution is -0.230. The molecular weight excluding hydrogens is 404 g/mol. The van der Waals surface area contributed by atoms with Gasteiger partial charge >= 0.3 is 0 Å². The first-order valence-corrected chi connectivity index (χ1v) is 12.9. The molecule has 2 aliphatic heterocycles. The molecule has 33 heavy (non-hydrogen) atoms. The molecule has 2 fully saturated rings. The molecule has 4 rings (SSSR count). The third-order valence-corrected chi connectivity index (χ3v) is 8.87. The predicted octanol–water partition coefficient (Wildman–Crippen LogP) is 8.25. The number of benzene rings is 2. The van der Waals surface area contributed by atoms with Gasteiger partial charge in [0.15, 0.2) is 0 Å². The van der Waals surface area contributed by atoms with E-state index in [0.717, 1.165) is 12.8 Å². The summed E-state index contributed by atoms with van der Waals surface area (Å²) in [5.74, 6) is 0. The van der Waals surface area contributed by atoms with E-state index in [1.54, 1.807) is 0 Å². The molecule has 0 amide bonds. The lowest BCUT2D eigenvalue weighted by atomic mass is 9.73. The summed E-state index contributed by atoms with van der Waals surface area (Å²) in [6, 6.07) is 18.3. The van der Waals surface area contributed by atoms with E-state index in [9.17, 15) is 0 Å². The lowest BCUT2D eigenvalue weighted by Crippen LogP contribution is -2.48. The highest BCUT2D eigenvalue weighted by molar-refractivity contribution is 5.29. The van der Waals surface area contributed by atoms with Gasteiger partial charge in [-0.3, -0.25) is 0 Å². The molecule has 4 unspecified atom stereocenters. The van der Waals surface area contributed by atoms with Gasteiger partial charge in [0.1, 0.15) is 0 Å². The van der Waals surface area contributed by atoms with Crippen LogP contribution >= 0.6 is 0 Å². The van der Waals surface area contributed by atoms with Crippen LogP contribution in [-0.2, 0) is 22.3 Å². The van der Waals surface area contributed by atoms with Crippen LogP contribution in [0.15, 0.2) is 48.5 Å². The Hall–Kier alpha value is -1.64. The molecule has 2 saturated heterocycles. The predicted molar refractivity (Wildman–Crippen MR) is 137 cm³/mol. The summed E-state index contributed by atoms with van der Waals surface area (Å²) in [6.45, 7) is 18.4. The van der Waals surface area contributed by atoms with Crippen LogP contribution in [0.2, 0.25) is 0 Å². The van der Waals surface area contributed by atoms with Crippen molar-refractivity contribution in [1.29, 1.82) is 0 Å². The van der Waals surface area contributed by atoms with E-state index in [-0.39, 0.29) is 23.0 Å². The first kappa shape index (κ1) is 24.5. The molecule has 0 radical (unpaired) electrons. The van der Waals surface area contributed by atoms with E-state index in [1.165, 1.54) is 35.1 Å². The van der Waals surface area contributed by atoms with Crippen LogP contribution in [0.25, 0.3) is 0 Å². The smallest absolute Gasteiger partial charge is 0.0904 e. The Morgan fingerprint density at radius 3 is 1.24 bits per heavy atom. The molecule has 2 heterocycles. The average molecular weight is 449 g/mol. The first-order valence-electron chi connectivity index (χ1n) is 12.9. The maximum Gasteiger partial charge on any atom is 0.0904 e. The quantitative estimate of drug-likeness (QED) is 0.405. The van der Waals surface area contributed by atoms with Crippen LogP contribution in [-0.4, -0.2) is 12.2 Å². The van der Waals surface area contributed by atoms with E-state index in [0.29, 0.717) is 17.6 Å². The number of hydrogen-bond acceptors (Lipinski definition) is 2. The molecule has 0 aliphatic carbocycles. The van der Waals surface area contributed by atoms with Crippen molar-refractivity contribution >= 4 is 0 Å². The van der Waals surface area contributed by atoms with Gasteiger partial charge < -0.3 is 9.47 Å². The van der Waals surface area contributed by atoms with Crippen molar-refractivity contribution in [2.75, 3.05) is 0 Å². The maximum atomic E-state index is 6.01. The second kappa shape index (κ2) is 8.86. The molecule has 2 aromatic rings. The minimum Gasteiger partial charge on any atom is -0.369 e. The van der Waals surface area contributed by atoms with Gasteiger partial charge in [-0.05, 0) is 67.2 Å². The second-order valence-corrected chi connectivity index (χ2v) is 12.6. The van der Waals surface area contributed by atoms with Gasteiger partial charge in [0.05, 0.1) is 24.4 Å². The zero-order chi connectivity index (χ0) is 24.0. The summed E-state index contributed by atoms with van der Waals surface area (Å²) in [7, 11) is 0. The summed E-state index contributed by atoms with van der Waals surface area (Å²) in [6.07, 6.45) is 5.80. The Bertz CT molecular complexity index is 858. The van der Waals surface area contributed by atoms with Crippen LogP contribution in [0.1, 0.15) is 103 Å². The molecule has 0 spiro atoms. The Labute approximate surface area is 202 Å². The second-order valence-electron chi connectivity index (χ2n) is 12.6. The molecule has 2 aromatic carbocycles. The summed E-state index contributed by atoms with van der Waals surface area (Å²) in [5.41, 5.74) is 6.25. The molecule has 180 valence electrons. The minimum absolute atomic E-state index is 0.223. The van der Waals surface area contributed by atoms with E-state index in [1.807, 2.05) is 0 Å². The number of ether oxygens (including phenoxy) is 2. The van der Waals surface area contributed by atoms with Gasteiger partial charge in [-0.1, -0.05) is 90.1 Å². The van der Waals surface area contributed by atoms with Gasteiger partial charge in [-0.15, -0.1) is 0 Å². The van der Waals surface area contributed by atoms with E-state index in [2.05, 4.69) is 104 Å². The Balaban J connectivity index is 1.26. The van der Waals surface area contributed by atoms with Crippen molar-refractivity contribution in [3.05, 3.63) is 70.8 Å². The highest BCUT2D eigenvalue weighted by Crippen LogP contribution is 2.51. The monoisotopic (exact) mass is 448 g/mol. The van der Waals surface area contributed by atoms with Crippen LogP contribution in [0.4, 0.5) is 0 Å². The van der Waals surface area contributed by atoms with Gasteiger partial charge in [0, 0.05) is 10.8 Å². The van der Waals surface area contributed by atoms with Crippen LogP contribution in [0, 0.1) is 16.2 Å². The molecule has 0 aromatic heterocycles. The maximum absolute atomic E-state index is 6.01. The third kappa shape index (κ3) is 4.93. The summed E-state index contributed by atoms with van der Waals surface area (Å²) in [4.78, 5) is 0. The molecular formula is C31H44O2. The Morgan fingerprint density at radius 2 is 0.970 bits per heavy atom. The number of aryl methyl sites for hydroxylation is 2. The van der Waals surface area contributed by atoms with Crippen molar-refractivity contribution in [3.8, 4) is 0 Å². The minimum atomic E-state index is 0.223. The van der Waals surface area contributed by atoms with E-state index in [4.69, 9.17) is 9.47 Å². The summed E-state index contributed by atoms with van der Waals surface area (Å²) in [5, 5.41) is 0. The van der Waals surface area contributed by atoms with Crippen molar-refractivity contribution in [2.24, 2.45) is 16.2 Å². The van der Waals surface area contributed by atoms with Gasteiger partial charge in [0.2, 0.25) is 0 Å². The Kier molecular flexibility index (Phi) is 6.57. The van der Waals surface area contributed by atoms with Crippen molar-refractivity contribution < 1.29 is 9.47 Å². The van der Waals surface area contributed by atoms with E-state index >= 15 is 0 Å². The third-order valence-electron chi connectivity index (χ3n) is 8.87. The van der Waals surface area contributed by atoms with Crippen LogP contribution in [0.5, 0.6) is 0 Å². The normalized spacial score (nSPS) is 28.1. The average Bonchev–Trinajstić information content (AvgIpc) is 2.79. The van der Waals surface area contributed by atoms with Gasteiger partial charge in [0.25, 0.3) is 0 Å². The lowest BCUT2D eigenvalue weighted by Gasteiger charge is -2.50. The molecule has 2 heteroatoms. The topological polar surface area (TPSA) is 18.5 Å². The molecule has 0 N–H and O–H groups in total. The van der Waals surface area contributed by atoms with E-state index < -0.39 is 0 Å². The van der Waals surface area contributed by atoms with Gasteiger partial charge in [-0.25, -0.2) is 0 Å². The summed E-state index contributed by atoms with van der Waals surface area (Å²) < 4.78 is 12.0. The fraction of sp³-hybridized carbons (Fsp3) is 0.613. The van der Waals surface area contributed by atoms with Crippen molar-refractivity contribution in [3.63, 3.8) is 0 Å². The summed E-state index contributed by atoms with van der Waals surface area (Å²) >= 11 is 0. The number of rotatable bonds is 8. The molecule has 0 bridgehead atoms. The first-order chi connectivity index (χ1) is 15.4.